The molecule has 92 valence electrons. The van der Waals surface area contributed by atoms with E-state index in [1.165, 1.54) is 0 Å². The van der Waals surface area contributed by atoms with Crippen molar-refractivity contribution in [2.24, 2.45) is 0 Å². The van der Waals surface area contributed by atoms with E-state index < -0.39 is 0 Å². The molecule has 2 amide bonds. The van der Waals surface area contributed by atoms with Crippen molar-refractivity contribution in [2.45, 2.75) is 0 Å². The lowest BCUT2D eigenvalue weighted by Gasteiger charge is -2.34. The highest BCUT2D eigenvalue weighted by atomic mass is 32.2. The number of carbonyl (C=O) groups excluding carboxylic acids is 2. The first-order chi connectivity index (χ1) is 7.67. The monoisotopic (exact) mass is 245 g/mol. The average molecular weight is 245 g/mol. The van der Waals surface area contributed by atoms with E-state index in [2.05, 4.69) is 10.2 Å². The van der Waals surface area contributed by atoms with Gasteiger partial charge in [-0.1, -0.05) is 0 Å². The summed E-state index contributed by atoms with van der Waals surface area (Å²) in [6.45, 7) is 3.47. The standard InChI is InChI=1S/C10H19N3O2S/c1-11-9(14)7-12-3-5-13(6-4-12)10(15)8-16-2/h3-8H2,1-2H3,(H,11,14). The summed E-state index contributed by atoms with van der Waals surface area (Å²) >= 11 is 1.55. The van der Waals surface area contributed by atoms with Gasteiger partial charge in [0.1, 0.15) is 0 Å². The van der Waals surface area contributed by atoms with Crippen LogP contribution in [0.15, 0.2) is 0 Å². The third kappa shape index (κ3) is 4.02. The second-order valence-corrected chi connectivity index (χ2v) is 4.63. The molecule has 6 heteroatoms. The van der Waals surface area contributed by atoms with Gasteiger partial charge in [-0.05, 0) is 6.26 Å². The fraction of sp³-hybridized carbons (Fsp3) is 0.800. The van der Waals surface area contributed by atoms with Gasteiger partial charge in [0.25, 0.3) is 0 Å². The van der Waals surface area contributed by atoms with Crippen molar-refractivity contribution in [3.8, 4) is 0 Å². The van der Waals surface area contributed by atoms with Gasteiger partial charge in [0.2, 0.25) is 11.8 Å². The molecule has 0 aromatic heterocycles. The molecule has 0 atom stereocenters. The van der Waals surface area contributed by atoms with Crippen molar-refractivity contribution >= 4 is 23.6 Å². The number of nitrogens with one attached hydrogen (secondary N) is 1. The Kier molecular flexibility index (Phi) is 5.62. The predicted octanol–water partition coefficient (Wildman–Crippen LogP) is -0.760. The molecule has 1 N–H and O–H groups in total. The van der Waals surface area contributed by atoms with Crippen molar-refractivity contribution in [1.82, 2.24) is 15.1 Å². The highest BCUT2D eigenvalue weighted by Gasteiger charge is 2.21. The van der Waals surface area contributed by atoms with Crippen molar-refractivity contribution in [2.75, 3.05) is 51.8 Å². The number of thioether (sulfide) groups is 1. The maximum absolute atomic E-state index is 11.6. The maximum atomic E-state index is 11.6. The molecule has 0 saturated carbocycles. The van der Waals surface area contributed by atoms with Gasteiger partial charge in [-0.3, -0.25) is 14.5 Å². The quantitative estimate of drug-likeness (QED) is 0.707. The van der Waals surface area contributed by atoms with Gasteiger partial charge in [0.15, 0.2) is 0 Å². The number of amides is 2. The van der Waals surface area contributed by atoms with E-state index in [4.69, 9.17) is 0 Å². The largest absolute Gasteiger partial charge is 0.358 e. The first-order valence-electron chi connectivity index (χ1n) is 5.37. The van der Waals surface area contributed by atoms with Crippen LogP contribution in [-0.4, -0.2) is 73.4 Å². The van der Waals surface area contributed by atoms with Gasteiger partial charge in [-0.15, -0.1) is 0 Å². The van der Waals surface area contributed by atoms with Crippen LogP contribution in [0.4, 0.5) is 0 Å². The molecule has 1 fully saturated rings. The average Bonchev–Trinajstić information content (AvgIpc) is 2.30. The Labute approximate surface area is 101 Å². The van der Waals surface area contributed by atoms with Gasteiger partial charge >= 0.3 is 0 Å². The van der Waals surface area contributed by atoms with Crippen LogP contribution in [0.2, 0.25) is 0 Å². The minimum atomic E-state index is 0.0314. The molecular formula is C10H19N3O2S. The summed E-state index contributed by atoms with van der Waals surface area (Å²) in [5, 5.41) is 2.60. The summed E-state index contributed by atoms with van der Waals surface area (Å²) < 4.78 is 0. The second kappa shape index (κ2) is 6.75. The zero-order valence-electron chi connectivity index (χ0n) is 9.86. The molecule has 1 rings (SSSR count). The molecule has 1 saturated heterocycles. The molecule has 0 spiro atoms. The molecule has 0 unspecified atom stereocenters. The number of likely N-dealkylation sites (N-methyl/N-ethyl adjacent to an activating group) is 1. The summed E-state index contributed by atoms with van der Waals surface area (Å²) in [6.07, 6.45) is 1.93. The fourth-order valence-electron chi connectivity index (χ4n) is 1.65. The summed E-state index contributed by atoms with van der Waals surface area (Å²) in [6, 6.07) is 0. The first kappa shape index (κ1) is 13.3. The van der Waals surface area contributed by atoms with Gasteiger partial charge < -0.3 is 10.2 Å². The van der Waals surface area contributed by atoms with Crippen molar-refractivity contribution in [3.63, 3.8) is 0 Å². The predicted molar refractivity (Wildman–Crippen MR) is 65.5 cm³/mol. The van der Waals surface area contributed by atoms with E-state index >= 15 is 0 Å². The zero-order chi connectivity index (χ0) is 12.0. The smallest absolute Gasteiger partial charge is 0.233 e. The highest BCUT2D eigenvalue weighted by Crippen LogP contribution is 2.04. The number of hydrogen-bond acceptors (Lipinski definition) is 4. The Morgan fingerprint density at radius 1 is 1.25 bits per heavy atom. The van der Waals surface area contributed by atoms with Crippen molar-refractivity contribution in [3.05, 3.63) is 0 Å². The molecule has 0 aromatic rings. The Hall–Kier alpha value is -0.750. The molecule has 0 bridgehead atoms. The van der Waals surface area contributed by atoms with E-state index in [0.717, 1.165) is 26.2 Å². The minimum absolute atomic E-state index is 0.0314. The number of nitrogens with zero attached hydrogens (tertiary/aromatic N) is 2. The van der Waals surface area contributed by atoms with E-state index in [1.807, 2.05) is 11.2 Å². The van der Waals surface area contributed by atoms with Crippen LogP contribution >= 0.6 is 11.8 Å². The van der Waals surface area contributed by atoms with Gasteiger partial charge in [0.05, 0.1) is 12.3 Å². The molecule has 1 heterocycles. The Bertz CT molecular complexity index is 252. The number of rotatable bonds is 4. The molecule has 0 radical (unpaired) electrons. The van der Waals surface area contributed by atoms with Crippen LogP contribution in [0.25, 0.3) is 0 Å². The molecule has 1 aliphatic heterocycles. The lowest BCUT2D eigenvalue weighted by atomic mass is 10.3. The number of piperazine rings is 1. The van der Waals surface area contributed by atoms with E-state index in [1.54, 1.807) is 18.8 Å². The fourth-order valence-corrected chi connectivity index (χ4v) is 2.08. The Morgan fingerprint density at radius 2 is 1.88 bits per heavy atom. The third-order valence-electron chi connectivity index (χ3n) is 2.64. The normalized spacial score (nSPS) is 17.2. The lowest BCUT2D eigenvalue weighted by molar-refractivity contribution is -0.130. The number of hydrogen-bond donors (Lipinski definition) is 1. The molecule has 0 aliphatic carbocycles. The summed E-state index contributed by atoms with van der Waals surface area (Å²) in [5.41, 5.74) is 0. The van der Waals surface area contributed by atoms with Gasteiger partial charge in [-0.2, -0.15) is 11.8 Å². The second-order valence-electron chi connectivity index (χ2n) is 3.76. The van der Waals surface area contributed by atoms with Crippen LogP contribution in [0.1, 0.15) is 0 Å². The van der Waals surface area contributed by atoms with Gasteiger partial charge in [-0.25, -0.2) is 0 Å². The lowest BCUT2D eigenvalue weighted by Crippen LogP contribution is -2.51. The molecular weight excluding hydrogens is 226 g/mol. The van der Waals surface area contributed by atoms with E-state index in [0.29, 0.717) is 12.3 Å². The van der Waals surface area contributed by atoms with Gasteiger partial charge in [0, 0.05) is 33.2 Å². The minimum Gasteiger partial charge on any atom is -0.358 e. The summed E-state index contributed by atoms with van der Waals surface area (Å²) in [5.74, 6) is 0.783. The number of carbonyl (C=O) groups is 2. The molecule has 0 aromatic carbocycles. The molecule has 1 aliphatic rings. The topological polar surface area (TPSA) is 52.7 Å². The van der Waals surface area contributed by atoms with Crippen molar-refractivity contribution < 1.29 is 9.59 Å². The molecule has 16 heavy (non-hydrogen) atoms. The first-order valence-corrected chi connectivity index (χ1v) is 6.76. The Morgan fingerprint density at radius 3 is 2.38 bits per heavy atom. The van der Waals surface area contributed by atoms with Crippen molar-refractivity contribution in [1.29, 1.82) is 0 Å². The maximum Gasteiger partial charge on any atom is 0.233 e. The van der Waals surface area contributed by atoms with E-state index in [9.17, 15) is 9.59 Å². The van der Waals surface area contributed by atoms with Crippen LogP contribution in [-0.2, 0) is 9.59 Å². The highest BCUT2D eigenvalue weighted by molar-refractivity contribution is 7.99. The molecule has 5 nitrogen and oxygen atoms in total. The SMILES string of the molecule is CNC(=O)CN1CCN(C(=O)CSC)CC1. The van der Waals surface area contributed by atoms with Crippen LogP contribution in [0.3, 0.4) is 0 Å². The van der Waals surface area contributed by atoms with Crippen LogP contribution in [0, 0.1) is 0 Å². The summed E-state index contributed by atoms with van der Waals surface area (Å²) in [4.78, 5) is 26.7. The summed E-state index contributed by atoms with van der Waals surface area (Å²) in [7, 11) is 1.64. The third-order valence-corrected chi connectivity index (χ3v) is 3.17. The van der Waals surface area contributed by atoms with Crippen LogP contribution < -0.4 is 5.32 Å². The van der Waals surface area contributed by atoms with Crippen LogP contribution in [0.5, 0.6) is 0 Å². The zero-order valence-corrected chi connectivity index (χ0v) is 10.7. The van der Waals surface area contributed by atoms with E-state index in [-0.39, 0.29) is 11.8 Å². The Balaban J connectivity index is 2.28.